The number of halogens is 1. The molecule has 0 saturated carbocycles. The Kier molecular flexibility index (Phi) is 3.79. The van der Waals surface area contributed by atoms with E-state index in [0.29, 0.717) is 0 Å². The lowest BCUT2D eigenvalue weighted by Gasteiger charge is -2.11. The largest absolute Gasteiger partial charge is 0.340 e. The van der Waals surface area contributed by atoms with E-state index in [1.807, 2.05) is 48.5 Å². The van der Waals surface area contributed by atoms with E-state index in [9.17, 15) is 0 Å². The Labute approximate surface area is 126 Å². The summed E-state index contributed by atoms with van der Waals surface area (Å²) in [6, 6.07) is 24.4. The number of hydrogen-bond donors (Lipinski definition) is 1. The van der Waals surface area contributed by atoms with Crippen LogP contribution in [0.5, 0.6) is 0 Å². The van der Waals surface area contributed by atoms with E-state index >= 15 is 0 Å². The minimum absolute atomic E-state index is 0.819. The highest BCUT2D eigenvalue weighted by Crippen LogP contribution is 2.29. The molecule has 3 heteroatoms. The van der Waals surface area contributed by atoms with Crippen LogP contribution in [-0.4, -0.2) is 4.98 Å². The Bertz CT molecular complexity index is 711. The number of benzene rings is 2. The first kappa shape index (κ1) is 12.9. The van der Waals surface area contributed by atoms with Gasteiger partial charge in [-0.15, -0.1) is 0 Å². The van der Waals surface area contributed by atoms with Crippen LogP contribution >= 0.6 is 15.9 Å². The fraction of sp³-hybridized carbons (Fsp3) is 0. The van der Waals surface area contributed by atoms with E-state index in [1.54, 1.807) is 0 Å². The third-order valence-electron chi connectivity index (χ3n) is 2.99. The fourth-order valence-electron chi connectivity index (χ4n) is 2.08. The lowest BCUT2D eigenvalue weighted by molar-refractivity contribution is 1.26. The number of pyridine rings is 1. The molecule has 0 atom stereocenters. The van der Waals surface area contributed by atoms with Crippen molar-refractivity contribution in [2.24, 2.45) is 0 Å². The first-order valence-corrected chi connectivity index (χ1v) is 7.16. The van der Waals surface area contributed by atoms with E-state index in [-0.39, 0.29) is 0 Å². The summed E-state index contributed by atoms with van der Waals surface area (Å²) < 4.78 is 0.819. The van der Waals surface area contributed by atoms with Crippen molar-refractivity contribution in [3.05, 3.63) is 77.4 Å². The number of rotatable bonds is 3. The Morgan fingerprint density at radius 1 is 0.750 bits per heavy atom. The van der Waals surface area contributed by atoms with Crippen LogP contribution in [-0.2, 0) is 0 Å². The number of anilines is 2. The summed E-state index contributed by atoms with van der Waals surface area (Å²) in [6.07, 6.45) is 0. The van der Waals surface area contributed by atoms with Crippen LogP contribution in [0, 0.1) is 0 Å². The maximum absolute atomic E-state index is 4.41. The highest BCUT2D eigenvalue weighted by Gasteiger charge is 2.05. The molecule has 2 nitrogen and oxygen atoms in total. The molecule has 0 spiro atoms. The molecule has 0 aliphatic rings. The molecule has 1 aromatic heterocycles. The van der Waals surface area contributed by atoms with Gasteiger partial charge in [-0.25, -0.2) is 4.98 Å². The van der Waals surface area contributed by atoms with Gasteiger partial charge in [0.25, 0.3) is 0 Å². The molecule has 0 unspecified atom stereocenters. The molecule has 2 aromatic carbocycles. The second-order valence-corrected chi connectivity index (χ2v) is 5.19. The Balaban J connectivity index is 1.99. The van der Waals surface area contributed by atoms with E-state index in [1.165, 1.54) is 5.56 Å². The molecular weight excluding hydrogens is 312 g/mol. The number of hydrogen-bond acceptors (Lipinski definition) is 2. The molecule has 0 aliphatic heterocycles. The van der Waals surface area contributed by atoms with Crippen molar-refractivity contribution in [3.8, 4) is 11.1 Å². The maximum atomic E-state index is 4.41. The van der Waals surface area contributed by atoms with Crippen LogP contribution in [0.4, 0.5) is 11.5 Å². The molecule has 0 saturated heterocycles. The Hall–Kier alpha value is -2.13. The Morgan fingerprint density at radius 2 is 1.50 bits per heavy atom. The van der Waals surface area contributed by atoms with Crippen molar-refractivity contribution >= 4 is 27.4 Å². The van der Waals surface area contributed by atoms with Crippen molar-refractivity contribution < 1.29 is 0 Å². The summed E-state index contributed by atoms with van der Waals surface area (Å²) in [4.78, 5) is 4.41. The molecule has 1 N–H and O–H groups in total. The second-order valence-electron chi connectivity index (χ2n) is 4.38. The van der Waals surface area contributed by atoms with Gasteiger partial charge >= 0.3 is 0 Å². The van der Waals surface area contributed by atoms with Gasteiger partial charge in [0.05, 0.1) is 0 Å². The maximum Gasteiger partial charge on any atom is 0.131 e. The van der Waals surface area contributed by atoms with Gasteiger partial charge in [-0.3, -0.25) is 0 Å². The highest BCUT2D eigenvalue weighted by molar-refractivity contribution is 9.10. The van der Waals surface area contributed by atoms with Crippen molar-refractivity contribution in [2.45, 2.75) is 0 Å². The second kappa shape index (κ2) is 5.88. The lowest BCUT2D eigenvalue weighted by atomic mass is 10.0. The number of nitrogens with one attached hydrogen (secondary N) is 1. The van der Waals surface area contributed by atoms with Crippen LogP contribution in [0.25, 0.3) is 11.1 Å². The quantitative estimate of drug-likeness (QED) is 0.665. The van der Waals surface area contributed by atoms with Crippen molar-refractivity contribution in [1.82, 2.24) is 4.98 Å². The monoisotopic (exact) mass is 324 g/mol. The smallest absolute Gasteiger partial charge is 0.131 e. The van der Waals surface area contributed by atoms with Crippen molar-refractivity contribution in [2.75, 3.05) is 5.32 Å². The summed E-state index contributed by atoms with van der Waals surface area (Å²) in [5, 5.41) is 3.37. The van der Waals surface area contributed by atoms with Crippen molar-refractivity contribution in [3.63, 3.8) is 0 Å². The molecule has 0 amide bonds. The molecule has 3 aromatic rings. The molecule has 1 heterocycles. The van der Waals surface area contributed by atoms with Gasteiger partial charge in [0, 0.05) is 11.3 Å². The van der Waals surface area contributed by atoms with E-state index < -0.39 is 0 Å². The predicted octanol–water partition coefficient (Wildman–Crippen LogP) is 5.25. The molecule has 0 fully saturated rings. The topological polar surface area (TPSA) is 24.9 Å². The van der Waals surface area contributed by atoms with Crippen LogP contribution < -0.4 is 5.32 Å². The summed E-state index contributed by atoms with van der Waals surface area (Å²) >= 11 is 3.39. The van der Waals surface area contributed by atoms with Gasteiger partial charge in [-0.1, -0.05) is 54.6 Å². The van der Waals surface area contributed by atoms with Crippen molar-refractivity contribution in [1.29, 1.82) is 0 Å². The van der Waals surface area contributed by atoms with Crippen LogP contribution in [0.1, 0.15) is 0 Å². The zero-order valence-electron chi connectivity index (χ0n) is 10.8. The average molecular weight is 325 g/mol. The molecule has 20 heavy (non-hydrogen) atoms. The molecule has 0 radical (unpaired) electrons. The van der Waals surface area contributed by atoms with Gasteiger partial charge in [-0.05, 0) is 39.7 Å². The third-order valence-corrected chi connectivity index (χ3v) is 3.43. The Morgan fingerprint density at radius 3 is 2.30 bits per heavy atom. The van der Waals surface area contributed by atoms with Crippen LogP contribution in [0.3, 0.4) is 0 Å². The summed E-state index contributed by atoms with van der Waals surface area (Å²) in [5.41, 5.74) is 3.39. The molecule has 0 bridgehead atoms. The molecule has 98 valence electrons. The van der Waals surface area contributed by atoms with Crippen LogP contribution in [0.2, 0.25) is 0 Å². The number of para-hydroxylation sites is 1. The number of aromatic nitrogens is 1. The van der Waals surface area contributed by atoms with Gasteiger partial charge in [0.1, 0.15) is 10.4 Å². The van der Waals surface area contributed by atoms with Crippen LogP contribution in [0.15, 0.2) is 77.4 Å². The summed E-state index contributed by atoms with van der Waals surface area (Å²) in [6.45, 7) is 0. The first-order chi connectivity index (χ1) is 9.83. The van der Waals surface area contributed by atoms with Gasteiger partial charge in [0.15, 0.2) is 0 Å². The van der Waals surface area contributed by atoms with Gasteiger partial charge in [-0.2, -0.15) is 0 Å². The van der Waals surface area contributed by atoms with E-state index in [0.717, 1.165) is 21.7 Å². The number of nitrogens with zero attached hydrogens (tertiary/aromatic N) is 1. The predicted molar refractivity (Wildman–Crippen MR) is 87.1 cm³/mol. The fourth-order valence-corrected chi connectivity index (χ4v) is 2.42. The summed E-state index contributed by atoms with van der Waals surface area (Å²) in [7, 11) is 0. The van der Waals surface area contributed by atoms with Gasteiger partial charge in [0.2, 0.25) is 0 Å². The molecule has 3 rings (SSSR count). The van der Waals surface area contributed by atoms with E-state index in [4.69, 9.17) is 0 Å². The standard InChI is InChI=1S/C17H13BrN2/c18-16-11-6-12-17(20-16)19-15-10-5-4-9-14(15)13-7-2-1-3-8-13/h1-12H,(H,19,20). The lowest BCUT2D eigenvalue weighted by Crippen LogP contribution is -1.95. The zero-order chi connectivity index (χ0) is 13.8. The van der Waals surface area contributed by atoms with Gasteiger partial charge < -0.3 is 5.32 Å². The normalized spacial score (nSPS) is 10.2. The average Bonchev–Trinajstić information content (AvgIpc) is 2.49. The zero-order valence-corrected chi connectivity index (χ0v) is 12.3. The SMILES string of the molecule is Brc1cccc(Nc2ccccc2-c2ccccc2)n1. The summed E-state index contributed by atoms with van der Waals surface area (Å²) in [5.74, 6) is 0.822. The molecular formula is C17H13BrN2. The minimum atomic E-state index is 0.819. The minimum Gasteiger partial charge on any atom is -0.340 e. The first-order valence-electron chi connectivity index (χ1n) is 6.37. The highest BCUT2D eigenvalue weighted by atomic mass is 79.9. The third kappa shape index (κ3) is 2.89. The van der Waals surface area contributed by atoms with E-state index in [2.05, 4.69) is 50.5 Å². The molecule has 0 aliphatic carbocycles.